The van der Waals surface area contributed by atoms with Gasteiger partial charge in [0.25, 0.3) is 5.91 Å². The highest BCUT2D eigenvalue weighted by atomic mass is 16.7. The molecule has 3 aromatic rings. The summed E-state index contributed by atoms with van der Waals surface area (Å²) >= 11 is 0. The quantitative estimate of drug-likeness (QED) is 0.718. The molecule has 0 spiro atoms. The van der Waals surface area contributed by atoms with E-state index in [0.29, 0.717) is 18.7 Å². The van der Waals surface area contributed by atoms with Gasteiger partial charge < -0.3 is 19.5 Å². The van der Waals surface area contributed by atoms with Crippen LogP contribution >= 0.6 is 0 Å². The van der Waals surface area contributed by atoms with Crippen molar-refractivity contribution in [3.8, 4) is 17.2 Å². The number of fused-ring (bicyclic) bond motifs is 2. The third-order valence-corrected chi connectivity index (χ3v) is 4.59. The van der Waals surface area contributed by atoms with E-state index < -0.39 is 6.10 Å². The van der Waals surface area contributed by atoms with Crippen molar-refractivity contribution >= 4 is 16.7 Å². The van der Waals surface area contributed by atoms with E-state index in [9.17, 15) is 4.79 Å². The first-order valence-corrected chi connectivity index (χ1v) is 9.05. The lowest BCUT2D eigenvalue weighted by Gasteiger charge is -2.18. The molecule has 0 radical (unpaired) electrons. The van der Waals surface area contributed by atoms with Crippen molar-refractivity contribution in [2.75, 3.05) is 6.79 Å². The second-order valence-electron chi connectivity index (χ2n) is 6.40. The van der Waals surface area contributed by atoms with Crippen LogP contribution in [0, 0.1) is 0 Å². The van der Waals surface area contributed by atoms with Crippen molar-refractivity contribution in [3.05, 3.63) is 66.2 Å². The second-order valence-corrected chi connectivity index (χ2v) is 6.40. The maximum atomic E-state index is 12.6. The Hall–Kier alpha value is -3.21. The molecule has 3 aromatic carbocycles. The average molecular weight is 363 g/mol. The van der Waals surface area contributed by atoms with Gasteiger partial charge in [0.15, 0.2) is 17.6 Å². The summed E-state index contributed by atoms with van der Waals surface area (Å²) in [7, 11) is 0. The minimum atomic E-state index is -0.551. The fourth-order valence-electron chi connectivity index (χ4n) is 3.13. The van der Waals surface area contributed by atoms with E-state index in [2.05, 4.69) is 5.32 Å². The van der Waals surface area contributed by atoms with Gasteiger partial charge in [0.1, 0.15) is 5.75 Å². The molecular weight excluding hydrogens is 342 g/mol. The third-order valence-electron chi connectivity index (χ3n) is 4.59. The number of ether oxygens (including phenoxy) is 3. The standard InChI is InChI=1S/C22H21NO4/c1-2-18(27-19-9-5-7-16-6-3-4-8-17(16)19)22(24)23-13-15-10-11-20-21(12-15)26-14-25-20/h3-12,18H,2,13-14H2,1H3,(H,23,24). The molecule has 27 heavy (non-hydrogen) atoms. The van der Waals surface area contributed by atoms with Gasteiger partial charge in [0.05, 0.1) is 0 Å². The number of hydrogen-bond acceptors (Lipinski definition) is 4. The summed E-state index contributed by atoms with van der Waals surface area (Å²) in [4.78, 5) is 12.6. The highest BCUT2D eigenvalue weighted by Gasteiger charge is 2.20. The first-order chi connectivity index (χ1) is 13.2. The molecule has 1 aliphatic rings. The number of nitrogens with one attached hydrogen (secondary N) is 1. The molecule has 0 saturated heterocycles. The predicted octanol–water partition coefficient (Wildman–Crippen LogP) is 4.04. The molecule has 1 amide bonds. The Kier molecular flexibility index (Phi) is 4.83. The van der Waals surface area contributed by atoms with Crippen LogP contribution < -0.4 is 19.5 Å². The largest absolute Gasteiger partial charge is 0.480 e. The lowest BCUT2D eigenvalue weighted by Crippen LogP contribution is -2.37. The van der Waals surface area contributed by atoms with Crippen molar-refractivity contribution in [2.24, 2.45) is 0 Å². The molecule has 4 rings (SSSR count). The van der Waals surface area contributed by atoms with Gasteiger partial charge in [-0.1, -0.05) is 49.4 Å². The minimum Gasteiger partial charge on any atom is -0.480 e. The Balaban J connectivity index is 1.43. The Morgan fingerprint density at radius 1 is 1.07 bits per heavy atom. The lowest BCUT2D eigenvalue weighted by atomic mass is 10.1. The summed E-state index contributed by atoms with van der Waals surface area (Å²) in [5.74, 6) is 2.03. The fraction of sp³-hybridized carbons (Fsp3) is 0.227. The number of amides is 1. The van der Waals surface area contributed by atoms with Crippen molar-refractivity contribution in [3.63, 3.8) is 0 Å². The van der Waals surface area contributed by atoms with Crippen LogP contribution in [0.2, 0.25) is 0 Å². The summed E-state index contributed by atoms with van der Waals surface area (Å²) in [6.07, 6.45) is 0.0285. The molecule has 5 nitrogen and oxygen atoms in total. The normalized spacial score (nSPS) is 13.4. The molecule has 0 bridgehead atoms. The number of benzene rings is 3. The minimum absolute atomic E-state index is 0.136. The summed E-state index contributed by atoms with van der Waals surface area (Å²) in [5.41, 5.74) is 0.951. The smallest absolute Gasteiger partial charge is 0.261 e. The topological polar surface area (TPSA) is 56.8 Å². The van der Waals surface area contributed by atoms with Crippen LogP contribution in [0.1, 0.15) is 18.9 Å². The Morgan fingerprint density at radius 3 is 2.78 bits per heavy atom. The van der Waals surface area contributed by atoms with Crippen molar-refractivity contribution < 1.29 is 19.0 Å². The maximum Gasteiger partial charge on any atom is 0.261 e. The van der Waals surface area contributed by atoms with Crippen LogP contribution in [0.25, 0.3) is 10.8 Å². The number of hydrogen-bond donors (Lipinski definition) is 1. The highest BCUT2D eigenvalue weighted by Crippen LogP contribution is 2.32. The zero-order chi connectivity index (χ0) is 18.6. The van der Waals surface area contributed by atoms with Crippen molar-refractivity contribution in [1.82, 2.24) is 5.32 Å². The molecule has 1 heterocycles. The molecular formula is C22H21NO4. The lowest BCUT2D eigenvalue weighted by molar-refractivity contribution is -0.128. The fourth-order valence-corrected chi connectivity index (χ4v) is 3.13. The molecule has 0 saturated carbocycles. The van der Waals surface area contributed by atoms with Gasteiger partial charge in [-0.2, -0.15) is 0 Å². The van der Waals surface area contributed by atoms with E-state index >= 15 is 0 Å². The Morgan fingerprint density at radius 2 is 1.89 bits per heavy atom. The predicted molar refractivity (Wildman–Crippen MR) is 103 cm³/mol. The van der Waals surface area contributed by atoms with Gasteiger partial charge in [0.2, 0.25) is 6.79 Å². The monoisotopic (exact) mass is 363 g/mol. The van der Waals surface area contributed by atoms with Crippen LogP contribution in [0.4, 0.5) is 0 Å². The van der Waals surface area contributed by atoms with Gasteiger partial charge in [-0.05, 0) is 35.6 Å². The number of carbonyl (C=O) groups excluding carboxylic acids is 1. The zero-order valence-electron chi connectivity index (χ0n) is 15.1. The van der Waals surface area contributed by atoms with E-state index in [1.807, 2.05) is 67.6 Å². The van der Waals surface area contributed by atoms with Gasteiger partial charge in [-0.3, -0.25) is 4.79 Å². The van der Waals surface area contributed by atoms with E-state index in [-0.39, 0.29) is 12.7 Å². The van der Waals surface area contributed by atoms with Gasteiger partial charge in [-0.15, -0.1) is 0 Å². The van der Waals surface area contributed by atoms with E-state index in [0.717, 1.165) is 27.8 Å². The number of carbonyl (C=O) groups is 1. The van der Waals surface area contributed by atoms with Gasteiger partial charge in [0, 0.05) is 11.9 Å². The van der Waals surface area contributed by atoms with E-state index in [1.54, 1.807) is 0 Å². The van der Waals surface area contributed by atoms with E-state index in [1.165, 1.54) is 0 Å². The molecule has 1 aliphatic heterocycles. The molecule has 1 unspecified atom stereocenters. The molecule has 1 atom stereocenters. The summed E-state index contributed by atoms with van der Waals surface area (Å²) < 4.78 is 16.7. The number of rotatable bonds is 6. The average Bonchev–Trinajstić information content (AvgIpc) is 3.18. The van der Waals surface area contributed by atoms with Crippen LogP contribution in [0.15, 0.2) is 60.7 Å². The Labute approximate surface area is 157 Å². The maximum absolute atomic E-state index is 12.6. The molecule has 0 aromatic heterocycles. The van der Waals surface area contributed by atoms with Crippen LogP contribution in [-0.2, 0) is 11.3 Å². The van der Waals surface area contributed by atoms with Gasteiger partial charge in [-0.25, -0.2) is 0 Å². The first-order valence-electron chi connectivity index (χ1n) is 9.05. The van der Waals surface area contributed by atoms with Crippen molar-refractivity contribution in [1.29, 1.82) is 0 Å². The van der Waals surface area contributed by atoms with Crippen LogP contribution in [-0.4, -0.2) is 18.8 Å². The van der Waals surface area contributed by atoms with Crippen molar-refractivity contribution in [2.45, 2.75) is 26.0 Å². The van der Waals surface area contributed by atoms with E-state index in [4.69, 9.17) is 14.2 Å². The summed E-state index contributed by atoms with van der Waals surface area (Å²) in [6.45, 7) is 2.59. The second kappa shape index (κ2) is 7.58. The zero-order valence-corrected chi connectivity index (χ0v) is 15.1. The Bertz CT molecular complexity index is 964. The molecule has 5 heteroatoms. The highest BCUT2D eigenvalue weighted by molar-refractivity contribution is 5.89. The molecule has 1 N–H and O–H groups in total. The van der Waals surface area contributed by atoms with Gasteiger partial charge >= 0.3 is 0 Å². The molecule has 0 aliphatic carbocycles. The van der Waals surface area contributed by atoms with Crippen LogP contribution in [0.3, 0.4) is 0 Å². The first kappa shape index (κ1) is 17.2. The molecule has 0 fully saturated rings. The third kappa shape index (κ3) is 3.67. The molecule has 138 valence electrons. The summed E-state index contributed by atoms with van der Waals surface area (Å²) in [6, 6.07) is 19.5. The summed E-state index contributed by atoms with van der Waals surface area (Å²) in [5, 5.41) is 5.04. The van der Waals surface area contributed by atoms with Crippen LogP contribution in [0.5, 0.6) is 17.2 Å². The SMILES string of the molecule is CCC(Oc1cccc2ccccc12)C(=O)NCc1ccc2c(c1)OCO2.